The number of nitrogens with one attached hydrogen (secondary N) is 4. The standard InChI is InChI=1S/C38H50N6O6/c1-23(2)32(43-37(48)49-6)35(46)44-21-9-10-30(44)34-41-29-19-15-26-22-25(14-18-28(26)33(29)42-34)24-12-16-27(17-13-24)40-31(45)11-7-8-20-39-36(47)50-38(3,4)5/h12-14,16-18,22-23,30,32H,7-11,15,19-21H2,1-6H3,(H,39,47)(H,40,45)(H,41,42)(H,43,48). The molecule has 1 aliphatic carbocycles. The smallest absolute Gasteiger partial charge is 0.407 e. The van der Waals surface area contributed by atoms with Crippen molar-refractivity contribution in [2.75, 3.05) is 25.5 Å². The molecule has 2 unspecified atom stereocenters. The third kappa shape index (κ3) is 9.02. The Morgan fingerprint density at radius 1 is 1.00 bits per heavy atom. The van der Waals surface area contributed by atoms with Gasteiger partial charge in [0.2, 0.25) is 11.8 Å². The van der Waals surface area contributed by atoms with Crippen LogP contribution in [0.4, 0.5) is 15.3 Å². The van der Waals surface area contributed by atoms with Crippen molar-refractivity contribution in [1.29, 1.82) is 0 Å². The van der Waals surface area contributed by atoms with Gasteiger partial charge >= 0.3 is 12.2 Å². The first-order chi connectivity index (χ1) is 23.8. The first-order valence-corrected chi connectivity index (χ1v) is 17.6. The summed E-state index contributed by atoms with van der Waals surface area (Å²) in [6, 6.07) is 13.4. The average molecular weight is 687 g/mol. The summed E-state index contributed by atoms with van der Waals surface area (Å²) < 4.78 is 9.99. The van der Waals surface area contributed by atoms with Crippen LogP contribution in [0.25, 0.3) is 22.4 Å². The number of amides is 4. The van der Waals surface area contributed by atoms with Crippen LogP contribution in [0.2, 0.25) is 0 Å². The minimum atomic E-state index is -0.677. The summed E-state index contributed by atoms with van der Waals surface area (Å²) >= 11 is 0. The van der Waals surface area contributed by atoms with Gasteiger partial charge in [0.25, 0.3) is 0 Å². The summed E-state index contributed by atoms with van der Waals surface area (Å²) in [6.07, 6.45) is 3.98. The fraction of sp³-hybridized carbons (Fsp3) is 0.500. The number of benzene rings is 2. The lowest BCUT2D eigenvalue weighted by Crippen LogP contribution is -2.51. The Kier molecular flexibility index (Phi) is 11.5. The number of alkyl carbamates (subject to hydrolysis) is 2. The molecule has 0 spiro atoms. The molecule has 2 heterocycles. The van der Waals surface area contributed by atoms with Gasteiger partial charge in [0.05, 0.1) is 18.8 Å². The molecule has 12 heteroatoms. The number of methoxy groups -OCH3 is 1. The highest BCUT2D eigenvalue weighted by Gasteiger charge is 2.38. The molecule has 2 atom stereocenters. The number of nitrogens with zero attached hydrogens (tertiary/aromatic N) is 2. The minimum absolute atomic E-state index is 0.0688. The van der Waals surface area contributed by atoms with E-state index >= 15 is 0 Å². The molecular formula is C38H50N6O6. The maximum Gasteiger partial charge on any atom is 0.407 e. The molecule has 1 saturated heterocycles. The van der Waals surface area contributed by atoms with Gasteiger partial charge in [-0.05, 0) is 94.0 Å². The third-order valence-corrected chi connectivity index (χ3v) is 9.05. The number of carbonyl (C=O) groups excluding carboxylic acids is 4. The molecule has 268 valence electrons. The van der Waals surface area contributed by atoms with E-state index in [1.54, 1.807) is 0 Å². The molecule has 0 radical (unpaired) electrons. The number of H-pyrrole nitrogens is 1. The van der Waals surface area contributed by atoms with Gasteiger partial charge in [-0.1, -0.05) is 44.2 Å². The summed E-state index contributed by atoms with van der Waals surface area (Å²) in [7, 11) is 1.30. The summed E-state index contributed by atoms with van der Waals surface area (Å²) in [5.41, 5.74) is 6.64. The Balaban J connectivity index is 1.18. The fourth-order valence-electron chi connectivity index (χ4n) is 6.54. The van der Waals surface area contributed by atoms with E-state index in [0.717, 1.165) is 65.3 Å². The summed E-state index contributed by atoms with van der Waals surface area (Å²) in [5.74, 6) is 0.498. The van der Waals surface area contributed by atoms with Crippen LogP contribution >= 0.6 is 0 Å². The minimum Gasteiger partial charge on any atom is -0.453 e. The van der Waals surface area contributed by atoms with Gasteiger partial charge in [0, 0.05) is 36.5 Å². The van der Waals surface area contributed by atoms with Gasteiger partial charge in [0.15, 0.2) is 0 Å². The van der Waals surface area contributed by atoms with Gasteiger partial charge in [-0.25, -0.2) is 14.6 Å². The van der Waals surface area contributed by atoms with E-state index in [9.17, 15) is 19.2 Å². The number of imidazole rings is 1. The molecule has 4 amide bonds. The van der Waals surface area contributed by atoms with Crippen LogP contribution in [-0.4, -0.2) is 70.7 Å². The molecule has 4 N–H and O–H groups in total. The largest absolute Gasteiger partial charge is 0.453 e. The molecule has 1 fully saturated rings. The van der Waals surface area contributed by atoms with Crippen molar-refractivity contribution < 1.29 is 28.7 Å². The summed E-state index contributed by atoms with van der Waals surface area (Å²) in [6.45, 7) is 10.3. The summed E-state index contributed by atoms with van der Waals surface area (Å²) in [4.78, 5) is 60.2. The number of aromatic amines is 1. The third-order valence-electron chi connectivity index (χ3n) is 9.05. The van der Waals surface area contributed by atoms with Crippen LogP contribution < -0.4 is 16.0 Å². The number of fused-ring (bicyclic) bond motifs is 3. The Bertz CT molecular complexity index is 1690. The number of ether oxygens (including phenoxy) is 2. The second-order valence-corrected chi connectivity index (χ2v) is 14.4. The molecule has 1 aromatic heterocycles. The number of likely N-dealkylation sites (tertiary alicyclic amines) is 1. The molecule has 12 nitrogen and oxygen atoms in total. The van der Waals surface area contributed by atoms with Crippen LogP contribution in [0.15, 0.2) is 42.5 Å². The quantitative estimate of drug-likeness (QED) is 0.168. The van der Waals surface area contributed by atoms with E-state index in [0.29, 0.717) is 32.4 Å². The van der Waals surface area contributed by atoms with E-state index in [2.05, 4.69) is 39.1 Å². The lowest BCUT2D eigenvalue weighted by Gasteiger charge is -2.30. The Labute approximate surface area is 294 Å². The Morgan fingerprint density at radius 2 is 1.74 bits per heavy atom. The number of rotatable bonds is 11. The van der Waals surface area contributed by atoms with Crippen molar-refractivity contribution in [3.8, 4) is 22.4 Å². The molecule has 0 bridgehead atoms. The molecule has 1 aliphatic heterocycles. The zero-order chi connectivity index (χ0) is 36.0. The van der Waals surface area contributed by atoms with E-state index < -0.39 is 23.8 Å². The zero-order valence-corrected chi connectivity index (χ0v) is 30.0. The van der Waals surface area contributed by atoms with Crippen LogP contribution in [0.3, 0.4) is 0 Å². The number of aryl methyl sites for hydroxylation is 2. The SMILES string of the molecule is COC(=O)NC(C(=O)N1CCCC1c1nc2c([nH]1)CCc1cc(-c3ccc(NC(=O)CCCCNC(=O)OC(C)(C)C)cc3)ccc1-2)C(C)C. The molecule has 2 aliphatic rings. The van der Waals surface area contributed by atoms with Gasteiger partial charge < -0.3 is 35.3 Å². The normalized spacial score (nSPS) is 15.9. The van der Waals surface area contributed by atoms with Crippen LogP contribution in [-0.2, 0) is 31.9 Å². The van der Waals surface area contributed by atoms with Crippen LogP contribution in [0, 0.1) is 5.92 Å². The number of hydrogen-bond acceptors (Lipinski definition) is 7. The first kappa shape index (κ1) is 36.4. The van der Waals surface area contributed by atoms with E-state index in [4.69, 9.17) is 14.5 Å². The van der Waals surface area contributed by atoms with Gasteiger partial charge in [-0.15, -0.1) is 0 Å². The monoisotopic (exact) mass is 686 g/mol. The molecule has 0 saturated carbocycles. The van der Waals surface area contributed by atoms with E-state index in [1.807, 2.05) is 63.8 Å². The summed E-state index contributed by atoms with van der Waals surface area (Å²) in [5, 5.41) is 8.38. The first-order valence-electron chi connectivity index (χ1n) is 17.6. The number of anilines is 1. The highest BCUT2D eigenvalue weighted by molar-refractivity contribution is 5.91. The molecule has 50 heavy (non-hydrogen) atoms. The second-order valence-electron chi connectivity index (χ2n) is 14.4. The van der Waals surface area contributed by atoms with E-state index in [1.165, 1.54) is 12.7 Å². The van der Waals surface area contributed by atoms with Gasteiger partial charge in [-0.3, -0.25) is 9.59 Å². The van der Waals surface area contributed by atoms with Crippen LogP contribution in [0.1, 0.15) is 89.8 Å². The highest BCUT2D eigenvalue weighted by Crippen LogP contribution is 2.38. The number of hydrogen-bond donors (Lipinski definition) is 4. The molecular weight excluding hydrogens is 636 g/mol. The van der Waals surface area contributed by atoms with Gasteiger partial charge in [-0.2, -0.15) is 0 Å². The Hall–Kier alpha value is -4.87. The van der Waals surface area contributed by atoms with Crippen molar-refractivity contribution in [2.24, 2.45) is 5.92 Å². The maximum atomic E-state index is 13.6. The van der Waals surface area contributed by atoms with Crippen molar-refractivity contribution in [3.63, 3.8) is 0 Å². The molecule has 2 aromatic carbocycles. The predicted octanol–water partition coefficient (Wildman–Crippen LogP) is 6.52. The maximum absolute atomic E-state index is 13.6. The van der Waals surface area contributed by atoms with Crippen LogP contribution in [0.5, 0.6) is 0 Å². The number of unbranched alkanes of at least 4 members (excludes halogenated alkanes) is 1. The zero-order valence-electron chi connectivity index (χ0n) is 30.0. The average Bonchev–Trinajstić information content (AvgIpc) is 3.73. The lowest BCUT2D eigenvalue weighted by atomic mass is 9.89. The molecule has 5 rings (SSSR count). The molecule has 3 aromatic rings. The number of aromatic nitrogens is 2. The van der Waals surface area contributed by atoms with Crippen molar-refractivity contribution in [1.82, 2.24) is 25.5 Å². The fourth-order valence-corrected chi connectivity index (χ4v) is 6.54. The topological polar surface area (TPSA) is 155 Å². The van der Waals surface area contributed by atoms with Crippen molar-refractivity contribution >= 4 is 29.7 Å². The highest BCUT2D eigenvalue weighted by atomic mass is 16.6. The van der Waals surface area contributed by atoms with E-state index in [-0.39, 0.29) is 23.8 Å². The van der Waals surface area contributed by atoms with Gasteiger partial charge in [0.1, 0.15) is 17.5 Å². The van der Waals surface area contributed by atoms with Crippen molar-refractivity contribution in [2.45, 2.75) is 97.2 Å². The lowest BCUT2D eigenvalue weighted by molar-refractivity contribution is -0.135. The number of carbonyl (C=O) groups is 4. The Morgan fingerprint density at radius 3 is 2.44 bits per heavy atom. The second kappa shape index (κ2) is 15.8. The van der Waals surface area contributed by atoms with Crippen molar-refractivity contribution in [3.05, 3.63) is 59.5 Å². The predicted molar refractivity (Wildman–Crippen MR) is 191 cm³/mol.